The van der Waals surface area contributed by atoms with Gasteiger partial charge in [0.2, 0.25) is 0 Å². The number of rotatable bonds is 4. The molecule has 0 fully saturated rings. The number of benzene rings is 4. The normalized spacial score (nSPS) is 10.9. The lowest BCUT2D eigenvalue weighted by Gasteiger charge is -2.12. The van der Waals surface area contributed by atoms with Gasteiger partial charge in [0.05, 0.1) is 0 Å². The fourth-order valence-electron chi connectivity index (χ4n) is 3.59. The lowest BCUT2D eigenvalue weighted by atomic mass is 10.0. The third-order valence-corrected chi connectivity index (χ3v) is 5.37. The summed E-state index contributed by atoms with van der Waals surface area (Å²) in [4.78, 5) is 0. The van der Waals surface area contributed by atoms with Crippen LogP contribution in [0.25, 0.3) is 33.2 Å². The summed E-state index contributed by atoms with van der Waals surface area (Å²) in [6.07, 6.45) is 0. The highest BCUT2D eigenvalue weighted by molar-refractivity contribution is 6.30. The second-order valence-corrected chi connectivity index (χ2v) is 7.64. The zero-order valence-electron chi connectivity index (χ0n) is 16.5. The van der Waals surface area contributed by atoms with E-state index in [9.17, 15) is 5.11 Å². The molecule has 0 radical (unpaired) electrons. The van der Waals surface area contributed by atoms with Crippen LogP contribution in [0.4, 0.5) is 11.5 Å². The number of anilines is 2. The van der Waals surface area contributed by atoms with Crippen LogP contribution < -0.4 is 5.32 Å². The topological polar surface area (TPSA) is 58.0 Å². The zero-order chi connectivity index (χ0) is 21.2. The van der Waals surface area contributed by atoms with Crippen molar-refractivity contribution in [2.75, 3.05) is 5.32 Å². The molecule has 150 valence electrons. The lowest BCUT2D eigenvalue weighted by molar-refractivity contribution is 0.475. The van der Waals surface area contributed by atoms with E-state index in [1.165, 1.54) is 0 Å². The quantitative estimate of drug-likeness (QED) is 0.324. The Bertz CT molecular complexity index is 1370. The third-order valence-electron chi connectivity index (χ3n) is 5.13. The van der Waals surface area contributed by atoms with Gasteiger partial charge in [0.1, 0.15) is 11.4 Å². The first-order valence-corrected chi connectivity index (χ1v) is 10.2. The monoisotopic (exact) mass is 423 g/mol. The van der Waals surface area contributed by atoms with Crippen molar-refractivity contribution in [2.24, 2.45) is 0 Å². The molecule has 1 heterocycles. The molecule has 0 saturated carbocycles. The minimum absolute atomic E-state index is 0.258. The van der Waals surface area contributed by atoms with E-state index in [1.807, 2.05) is 66.7 Å². The fourth-order valence-corrected chi connectivity index (χ4v) is 3.78. The predicted octanol–water partition coefficient (Wildman–Crippen LogP) is 7.07. The van der Waals surface area contributed by atoms with Gasteiger partial charge >= 0.3 is 0 Å². The van der Waals surface area contributed by atoms with Crippen LogP contribution in [0.5, 0.6) is 5.75 Å². The molecule has 0 amide bonds. The van der Waals surface area contributed by atoms with Crippen LogP contribution in [0.3, 0.4) is 0 Å². The highest BCUT2D eigenvalue weighted by atomic mass is 35.5. The first kappa shape index (κ1) is 19.1. The van der Waals surface area contributed by atoms with Gasteiger partial charge in [-0.25, -0.2) is 0 Å². The first-order valence-electron chi connectivity index (χ1n) is 9.85. The molecular formula is C26H18ClN3O. The summed E-state index contributed by atoms with van der Waals surface area (Å²) < 4.78 is 0. The van der Waals surface area contributed by atoms with E-state index in [1.54, 1.807) is 12.1 Å². The number of aromatic hydroxyl groups is 1. The largest absolute Gasteiger partial charge is 0.508 e. The highest BCUT2D eigenvalue weighted by Crippen LogP contribution is 2.32. The Kier molecular flexibility index (Phi) is 4.98. The Hall–Kier alpha value is -3.89. The van der Waals surface area contributed by atoms with Gasteiger partial charge < -0.3 is 10.4 Å². The Morgan fingerprint density at radius 2 is 1.29 bits per heavy atom. The average molecular weight is 424 g/mol. The summed E-state index contributed by atoms with van der Waals surface area (Å²) in [5.41, 5.74) is 4.78. The number of aromatic nitrogens is 2. The van der Waals surface area contributed by atoms with Crippen molar-refractivity contribution < 1.29 is 5.11 Å². The van der Waals surface area contributed by atoms with Crippen molar-refractivity contribution in [2.45, 2.75) is 0 Å². The molecule has 0 atom stereocenters. The third kappa shape index (κ3) is 3.93. The maximum Gasteiger partial charge on any atom is 0.161 e. The Morgan fingerprint density at radius 1 is 0.645 bits per heavy atom. The molecule has 0 aliphatic rings. The summed E-state index contributed by atoms with van der Waals surface area (Å²) >= 11 is 6.11. The number of phenolic OH excluding ortho intramolecular Hbond substituents is 1. The van der Waals surface area contributed by atoms with Gasteiger partial charge in [0, 0.05) is 27.0 Å². The van der Waals surface area contributed by atoms with Gasteiger partial charge in [0.25, 0.3) is 0 Å². The number of hydrogen-bond donors (Lipinski definition) is 2. The molecule has 0 unspecified atom stereocenters. The van der Waals surface area contributed by atoms with Gasteiger partial charge in [-0.2, -0.15) is 0 Å². The van der Waals surface area contributed by atoms with E-state index in [0.717, 1.165) is 38.8 Å². The van der Waals surface area contributed by atoms with Crippen LogP contribution in [0, 0.1) is 0 Å². The Morgan fingerprint density at radius 3 is 2.00 bits per heavy atom. The molecule has 4 nitrogen and oxygen atoms in total. The maximum atomic E-state index is 9.50. The zero-order valence-corrected chi connectivity index (χ0v) is 17.2. The average Bonchev–Trinajstić information content (AvgIpc) is 2.80. The Labute approximate surface area is 184 Å². The number of halogens is 1. The summed E-state index contributed by atoms with van der Waals surface area (Å²) in [5, 5.41) is 24.5. The van der Waals surface area contributed by atoms with E-state index in [2.05, 4.69) is 33.7 Å². The fraction of sp³-hybridized carbons (Fsp3) is 0. The molecule has 5 rings (SSSR count). The summed E-state index contributed by atoms with van der Waals surface area (Å²) in [6.45, 7) is 0. The second-order valence-electron chi connectivity index (χ2n) is 7.20. The van der Waals surface area contributed by atoms with Gasteiger partial charge in [-0.1, -0.05) is 78.3 Å². The summed E-state index contributed by atoms with van der Waals surface area (Å²) in [6, 6.07) is 31.0. The summed E-state index contributed by atoms with van der Waals surface area (Å²) in [7, 11) is 0. The molecule has 5 aromatic rings. The molecule has 2 N–H and O–H groups in total. The molecule has 0 aliphatic heterocycles. The standard InChI is InChI=1S/C26H18ClN3O/c27-20-4-3-5-21(16-20)28-26-24-7-2-1-6-23(24)25(29-30-26)19-10-8-17(9-11-19)18-12-14-22(31)15-13-18/h1-16,31H,(H,28,30). The van der Waals surface area contributed by atoms with Crippen molar-refractivity contribution in [3.8, 4) is 28.1 Å². The molecule has 5 heteroatoms. The van der Waals surface area contributed by atoms with Gasteiger partial charge in [-0.05, 0) is 41.5 Å². The van der Waals surface area contributed by atoms with E-state index < -0.39 is 0 Å². The van der Waals surface area contributed by atoms with Crippen LogP contribution in [0.1, 0.15) is 0 Å². The van der Waals surface area contributed by atoms with Gasteiger partial charge in [-0.15, -0.1) is 10.2 Å². The molecule has 4 aromatic carbocycles. The van der Waals surface area contributed by atoms with E-state index in [4.69, 9.17) is 11.6 Å². The lowest BCUT2D eigenvalue weighted by Crippen LogP contribution is -1.99. The van der Waals surface area contributed by atoms with Crippen LogP contribution >= 0.6 is 11.6 Å². The molecule has 0 spiro atoms. The smallest absolute Gasteiger partial charge is 0.161 e. The molecule has 0 saturated heterocycles. The number of fused-ring (bicyclic) bond motifs is 1. The van der Waals surface area contributed by atoms with Gasteiger partial charge in [-0.3, -0.25) is 0 Å². The number of nitrogens with one attached hydrogen (secondary N) is 1. The van der Waals surface area contributed by atoms with Crippen molar-refractivity contribution in [1.29, 1.82) is 0 Å². The number of nitrogens with zero attached hydrogens (tertiary/aromatic N) is 2. The van der Waals surface area contributed by atoms with Crippen molar-refractivity contribution in [3.05, 3.63) is 102 Å². The minimum atomic E-state index is 0.258. The van der Waals surface area contributed by atoms with E-state index in [-0.39, 0.29) is 5.75 Å². The van der Waals surface area contributed by atoms with Gasteiger partial charge in [0.15, 0.2) is 5.82 Å². The second kappa shape index (κ2) is 8.09. The Balaban J connectivity index is 1.53. The predicted molar refractivity (Wildman–Crippen MR) is 127 cm³/mol. The molecule has 1 aromatic heterocycles. The van der Waals surface area contributed by atoms with Crippen molar-refractivity contribution >= 4 is 33.9 Å². The maximum absolute atomic E-state index is 9.50. The minimum Gasteiger partial charge on any atom is -0.508 e. The number of phenols is 1. The van der Waals surface area contributed by atoms with Crippen LogP contribution in [0.2, 0.25) is 5.02 Å². The van der Waals surface area contributed by atoms with Crippen molar-refractivity contribution in [1.82, 2.24) is 10.2 Å². The van der Waals surface area contributed by atoms with Crippen LogP contribution in [0.15, 0.2) is 97.1 Å². The molecule has 0 aliphatic carbocycles. The first-order chi connectivity index (χ1) is 15.2. The van der Waals surface area contributed by atoms with Crippen LogP contribution in [-0.2, 0) is 0 Å². The number of hydrogen-bond acceptors (Lipinski definition) is 4. The highest BCUT2D eigenvalue weighted by Gasteiger charge is 2.11. The molecule has 0 bridgehead atoms. The van der Waals surface area contributed by atoms with Crippen LogP contribution in [-0.4, -0.2) is 15.3 Å². The van der Waals surface area contributed by atoms with E-state index in [0.29, 0.717) is 10.8 Å². The molecule has 31 heavy (non-hydrogen) atoms. The SMILES string of the molecule is Oc1ccc(-c2ccc(-c3nnc(Nc4cccc(Cl)c4)c4ccccc34)cc2)cc1. The van der Waals surface area contributed by atoms with E-state index >= 15 is 0 Å². The van der Waals surface area contributed by atoms with Crippen molar-refractivity contribution in [3.63, 3.8) is 0 Å². The molecular weight excluding hydrogens is 406 g/mol. The summed E-state index contributed by atoms with van der Waals surface area (Å²) in [5.74, 6) is 0.941.